The number of nitrogens with one attached hydrogen (secondary N) is 1. The highest BCUT2D eigenvalue weighted by Crippen LogP contribution is 2.28. The van der Waals surface area contributed by atoms with Crippen LogP contribution in [0.15, 0.2) is 16.6 Å². The summed E-state index contributed by atoms with van der Waals surface area (Å²) < 4.78 is 0.920. The predicted molar refractivity (Wildman–Crippen MR) is 71.4 cm³/mol. The number of carbonyl (C=O) groups is 1. The van der Waals surface area contributed by atoms with Gasteiger partial charge >= 0.3 is 0 Å². The van der Waals surface area contributed by atoms with E-state index in [9.17, 15) is 4.79 Å². The van der Waals surface area contributed by atoms with Crippen molar-refractivity contribution in [2.24, 2.45) is 5.92 Å². The molecule has 16 heavy (non-hydrogen) atoms. The van der Waals surface area contributed by atoms with Crippen LogP contribution >= 0.6 is 15.9 Å². The smallest absolute Gasteiger partial charge is 0.227 e. The van der Waals surface area contributed by atoms with E-state index in [-0.39, 0.29) is 11.8 Å². The van der Waals surface area contributed by atoms with Crippen LogP contribution in [-0.4, -0.2) is 5.91 Å². The highest BCUT2D eigenvalue weighted by atomic mass is 79.9. The minimum absolute atomic E-state index is 0.00227. The number of carbonyl (C=O) groups excluding carboxylic acids is 1. The predicted octanol–water partition coefficient (Wildman–Crippen LogP) is 3.32. The number of anilines is 2. The number of aryl methyl sites for hydroxylation is 1. The Bertz CT molecular complexity index is 381. The third-order valence-electron chi connectivity index (χ3n) is 2.64. The molecule has 0 aliphatic carbocycles. The fraction of sp³-hybridized carbons (Fsp3) is 0.417. The van der Waals surface area contributed by atoms with Gasteiger partial charge in [-0.05, 0) is 31.0 Å². The number of nitrogen functional groups attached to an aromatic ring is 1. The average Bonchev–Trinajstić information content (AvgIpc) is 2.21. The standard InChI is InChI=1S/C12H17BrN2O/c1-4-7(2)12(16)15-11-8(3)5-9(13)6-10(11)14/h5-7H,4,14H2,1-3H3,(H,15,16). The maximum absolute atomic E-state index is 11.8. The third-order valence-corrected chi connectivity index (χ3v) is 3.10. The largest absolute Gasteiger partial charge is 0.397 e. The first-order valence-electron chi connectivity index (χ1n) is 5.32. The summed E-state index contributed by atoms with van der Waals surface area (Å²) in [6.45, 7) is 5.81. The van der Waals surface area contributed by atoms with E-state index in [4.69, 9.17) is 5.73 Å². The number of hydrogen-bond donors (Lipinski definition) is 2. The van der Waals surface area contributed by atoms with Gasteiger partial charge in [0.2, 0.25) is 5.91 Å². The van der Waals surface area contributed by atoms with Gasteiger partial charge in [0.15, 0.2) is 0 Å². The van der Waals surface area contributed by atoms with Gasteiger partial charge in [-0.15, -0.1) is 0 Å². The second kappa shape index (κ2) is 5.34. The average molecular weight is 285 g/mol. The van der Waals surface area contributed by atoms with Gasteiger partial charge in [0.05, 0.1) is 11.4 Å². The number of amides is 1. The molecule has 0 radical (unpaired) electrons. The van der Waals surface area contributed by atoms with Crippen LogP contribution in [0.25, 0.3) is 0 Å². The van der Waals surface area contributed by atoms with Gasteiger partial charge in [-0.1, -0.05) is 29.8 Å². The summed E-state index contributed by atoms with van der Waals surface area (Å²) in [6.07, 6.45) is 0.821. The van der Waals surface area contributed by atoms with E-state index in [2.05, 4.69) is 21.2 Å². The molecule has 88 valence electrons. The van der Waals surface area contributed by atoms with Crippen molar-refractivity contribution in [2.45, 2.75) is 27.2 Å². The number of halogens is 1. The van der Waals surface area contributed by atoms with Crippen molar-refractivity contribution < 1.29 is 4.79 Å². The van der Waals surface area contributed by atoms with Gasteiger partial charge in [-0.2, -0.15) is 0 Å². The fourth-order valence-corrected chi connectivity index (χ4v) is 1.96. The Morgan fingerprint density at radius 3 is 2.69 bits per heavy atom. The van der Waals surface area contributed by atoms with Crippen LogP contribution in [-0.2, 0) is 4.79 Å². The van der Waals surface area contributed by atoms with Gasteiger partial charge in [0, 0.05) is 10.4 Å². The monoisotopic (exact) mass is 284 g/mol. The lowest BCUT2D eigenvalue weighted by molar-refractivity contribution is -0.119. The van der Waals surface area contributed by atoms with Gasteiger partial charge in [-0.25, -0.2) is 0 Å². The molecule has 1 atom stereocenters. The Hall–Kier alpha value is -1.03. The Morgan fingerprint density at radius 1 is 1.56 bits per heavy atom. The summed E-state index contributed by atoms with van der Waals surface area (Å²) in [5.41, 5.74) is 8.13. The summed E-state index contributed by atoms with van der Waals surface area (Å²) >= 11 is 3.36. The summed E-state index contributed by atoms with van der Waals surface area (Å²) in [5, 5.41) is 2.87. The highest BCUT2D eigenvalue weighted by Gasteiger charge is 2.13. The zero-order valence-corrected chi connectivity index (χ0v) is 11.4. The number of nitrogens with two attached hydrogens (primary N) is 1. The Balaban J connectivity index is 2.93. The molecule has 1 aromatic rings. The van der Waals surface area contributed by atoms with Crippen LogP contribution in [0.1, 0.15) is 25.8 Å². The zero-order valence-electron chi connectivity index (χ0n) is 9.80. The number of hydrogen-bond acceptors (Lipinski definition) is 2. The molecule has 3 N–H and O–H groups in total. The molecular formula is C12H17BrN2O. The van der Waals surface area contributed by atoms with Crippen molar-refractivity contribution >= 4 is 33.2 Å². The SMILES string of the molecule is CCC(C)C(=O)Nc1c(C)cc(Br)cc1N. The Labute approximate surface area is 105 Å². The van der Waals surface area contributed by atoms with Crippen LogP contribution in [0.4, 0.5) is 11.4 Å². The molecule has 0 saturated heterocycles. The van der Waals surface area contributed by atoms with Crippen molar-refractivity contribution in [2.75, 3.05) is 11.1 Å². The topological polar surface area (TPSA) is 55.1 Å². The van der Waals surface area contributed by atoms with E-state index in [0.29, 0.717) is 11.4 Å². The van der Waals surface area contributed by atoms with E-state index in [1.165, 1.54) is 0 Å². The maximum Gasteiger partial charge on any atom is 0.227 e. The van der Waals surface area contributed by atoms with Gasteiger partial charge in [0.1, 0.15) is 0 Å². The summed E-state index contributed by atoms with van der Waals surface area (Å²) in [6, 6.07) is 3.72. The van der Waals surface area contributed by atoms with Crippen molar-refractivity contribution in [3.63, 3.8) is 0 Å². The van der Waals surface area contributed by atoms with E-state index in [0.717, 1.165) is 16.5 Å². The van der Waals surface area contributed by atoms with Gasteiger partial charge in [0.25, 0.3) is 0 Å². The van der Waals surface area contributed by atoms with Gasteiger partial charge < -0.3 is 11.1 Å². The van der Waals surface area contributed by atoms with Crippen LogP contribution in [0.5, 0.6) is 0 Å². The zero-order chi connectivity index (χ0) is 12.3. The highest BCUT2D eigenvalue weighted by molar-refractivity contribution is 9.10. The Kier molecular flexibility index (Phi) is 4.35. The molecule has 0 heterocycles. The molecule has 0 aliphatic rings. The molecule has 0 aliphatic heterocycles. The Morgan fingerprint density at radius 2 is 2.19 bits per heavy atom. The molecule has 4 heteroatoms. The maximum atomic E-state index is 11.8. The molecule has 0 fully saturated rings. The summed E-state index contributed by atoms with van der Waals surface area (Å²) in [7, 11) is 0. The quantitative estimate of drug-likeness (QED) is 0.837. The molecule has 0 bridgehead atoms. The lowest BCUT2D eigenvalue weighted by Gasteiger charge is -2.14. The van der Waals surface area contributed by atoms with Crippen molar-refractivity contribution in [1.82, 2.24) is 0 Å². The molecule has 1 rings (SSSR count). The molecule has 3 nitrogen and oxygen atoms in total. The van der Waals surface area contributed by atoms with Crippen LogP contribution < -0.4 is 11.1 Å². The number of rotatable bonds is 3. The first-order chi connectivity index (χ1) is 7.45. The third kappa shape index (κ3) is 2.98. The van der Waals surface area contributed by atoms with Crippen molar-refractivity contribution in [3.05, 3.63) is 22.2 Å². The first-order valence-corrected chi connectivity index (χ1v) is 6.11. The van der Waals surface area contributed by atoms with Crippen LogP contribution in [0, 0.1) is 12.8 Å². The minimum atomic E-state index is 0.00227. The molecule has 0 saturated carbocycles. The van der Waals surface area contributed by atoms with E-state index in [1.54, 1.807) is 6.07 Å². The van der Waals surface area contributed by atoms with Gasteiger partial charge in [-0.3, -0.25) is 4.79 Å². The molecule has 1 unspecified atom stereocenters. The van der Waals surface area contributed by atoms with E-state index >= 15 is 0 Å². The second-order valence-corrected chi connectivity index (χ2v) is 4.90. The lowest BCUT2D eigenvalue weighted by Crippen LogP contribution is -2.21. The minimum Gasteiger partial charge on any atom is -0.397 e. The second-order valence-electron chi connectivity index (χ2n) is 3.99. The molecule has 1 amide bonds. The van der Waals surface area contributed by atoms with E-state index in [1.807, 2.05) is 26.8 Å². The number of benzene rings is 1. The normalized spacial score (nSPS) is 12.2. The van der Waals surface area contributed by atoms with E-state index < -0.39 is 0 Å². The summed E-state index contributed by atoms with van der Waals surface area (Å²) in [5.74, 6) is 0.0158. The lowest BCUT2D eigenvalue weighted by atomic mass is 10.1. The molecule has 0 aromatic heterocycles. The van der Waals surface area contributed by atoms with Crippen LogP contribution in [0.2, 0.25) is 0 Å². The molecule has 1 aromatic carbocycles. The van der Waals surface area contributed by atoms with Crippen LogP contribution in [0.3, 0.4) is 0 Å². The van der Waals surface area contributed by atoms with Crippen molar-refractivity contribution in [1.29, 1.82) is 0 Å². The summed E-state index contributed by atoms with van der Waals surface area (Å²) in [4.78, 5) is 11.8. The first kappa shape index (κ1) is 13.0. The van der Waals surface area contributed by atoms with Crippen molar-refractivity contribution in [3.8, 4) is 0 Å². The molecule has 0 spiro atoms. The molecular weight excluding hydrogens is 268 g/mol. The fourth-order valence-electron chi connectivity index (χ4n) is 1.37.